The first-order valence-corrected chi connectivity index (χ1v) is 10.7. The van der Waals surface area contributed by atoms with E-state index in [1.165, 1.54) is 0 Å². The van der Waals surface area contributed by atoms with Gasteiger partial charge in [0.05, 0.1) is 4.91 Å². The van der Waals surface area contributed by atoms with Crippen molar-refractivity contribution in [2.75, 3.05) is 13.1 Å². The lowest BCUT2D eigenvalue weighted by molar-refractivity contribution is -0.130. The average Bonchev–Trinajstić information content (AvgIpc) is 3.33. The zero-order valence-electron chi connectivity index (χ0n) is 16.3. The number of hydrogen-bond acceptors (Lipinski definition) is 5. The molecule has 8 heteroatoms. The van der Waals surface area contributed by atoms with Crippen molar-refractivity contribution in [3.8, 4) is 0 Å². The van der Waals surface area contributed by atoms with Gasteiger partial charge in [0.15, 0.2) is 0 Å². The van der Waals surface area contributed by atoms with Crippen molar-refractivity contribution in [3.63, 3.8) is 0 Å². The van der Waals surface area contributed by atoms with Crippen LogP contribution in [0, 0.1) is 5.92 Å². The number of amides is 4. The van der Waals surface area contributed by atoms with Crippen molar-refractivity contribution < 1.29 is 19.2 Å². The Bertz CT molecular complexity index is 818. The SMILES string of the molecule is C[C@@H](NC(=O)C1CCCC1)C(=O)NCCN1C(=O)S/C(=C/c2ccccc2)C1=O. The second-order valence-electron chi connectivity index (χ2n) is 7.25. The lowest BCUT2D eigenvalue weighted by atomic mass is 10.1. The lowest BCUT2D eigenvalue weighted by Gasteiger charge is -2.18. The number of benzene rings is 1. The maximum atomic E-state index is 12.5. The molecule has 0 aromatic heterocycles. The number of rotatable bonds is 7. The molecule has 4 amide bonds. The van der Waals surface area contributed by atoms with E-state index in [0.717, 1.165) is 47.9 Å². The van der Waals surface area contributed by atoms with Gasteiger partial charge in [-0.3, -0.25) is 24.1 Å². The molecule has 1 saturated heterocycles. The monoisotopic (exact) mass is 415 g/mol. The van der Waals surface area contributed by atoms with Gasteiger partial charge in [-0.1, -0.05) is 43.2 Å². The molecule has 1 aliphatic heterocycles. The molecular formula is C21H25N3O4S. The van der Waals surface area contributed by atoms with Crippen LogP contribution in [-0.2, 0) is 14.4 Å². The Labute approximate surface area is 174 Å². The zero-order valence-corrected chi connectivity index (χ0v) is 17.2. The Morgan fingerprint density at radius 2 is 1.90 bits per heavy atom. The summed E-state index contributed by atoms with van der Waals surface area (Å²) in [6, 6.07) is 8.65. The van der Waals surface area contributed by atoms with Gasteiger partial charge in [-0.25, -0.2) is 0 Å². The fraction of sp³-hybridized carbons (Fsp3) is 0.429. The highest BCUT2D eigenvalue weighted by Crippen LogP contribution is 2.31. The van der Waals surface area contributed by atoms with Crippen LogP contribution in [0.15, 0.2) is 35.2 Å². The average molecular weight is 416 g/mol. The van der Waals surface area contributed by atoms with Gasteiger partial charge < -0.3 is 10.6 Å². The van der Waals surface area contributed by atoms with E-state index in [2.05, 4.69) is 10.6 Å². The van der Waals surface area contributed by atoms with Gasteiger partial charge in [0, 0.05) is 19.0 Å². The Morgan fingerprint density at radius 1 is 1.21 bits per heavy atom. The Morgan fingerprint density at radius 3 is 2.59 bits per heavy atom. The van der Waals surface area contributed by atoms with E-state index in [1.807, 2.05) is 30.3 Å². The highest BCUT2D eigenvalue weighted by atomic mass is 32.2. The molecule has 1 aromatic carbocycles. The lowest BCUT2D eigenvalue weighted by Crippen LogP contribution is -2.48. The van der Waals surface area contributed by atoms with Gasteiger partial charge in [0.1, 0.15) is 6.04 Å². The van der Waals surface area contributed by atoms with Crippen LogP contribution in [0.25, 0.3) is 6.08 Å². The third kappa shape index (κ3) is 5.47. The minimum atomic E-state index is -0.656. The first-order chi connectivity index (χ1) is 14.0. The van der Waals surface area contributed by atoms with Gasteiger partial charge in [0.25, 0.3) is 11.1 Å². The fourth-order valence-corrected chi connectivity index (χ4v) is 4.29. The van der Waals surface area contributed by atoms with Crippen molar-refractivity contribution >= 4 is 40.8 Å². The van der Waals surface area contributed by atoms with Gasteiger partial charge in [0.2, 0.25) is 11.8 Å². The van der Waals surface area contributed by atoms with Crippen molar-refractivity contribution in [3.05, 3.63) is 40.8 Å². The summed E-state index contributed by atoms with van der Waals surface area (Å²) in [5.74, 6) is -0.775. The maximum Gasteiger partial charge on any atom is 0.293 e. The van der Waals surface area contributed by atoms with Crippen molar-refractivity contribution in [2.24, 2.45) is 5.92 Å². The molecule has 1 saturated carbocycles. The molecule has 2 N–H and O–H groups in total. The summed E-state index contributed by atoms with van der Waals surface area (Å²) in [7, 11) is 0. The fourth-order valence-electron chi connectivity index (χ4n) is 3.42. The standard InChI is InChI=1S/C21H25N3O4S/c1-14(23-19(26)16-9-5-6-10-16)18(25)22-11-12-24-20(27)17(29-21(24)28)13-15-7-3-2-4-8-15/h2-4,7-8,13-14,16H,5-6,9-12H2,1H3,(H,22,25)(H,23,26)/b17-13+/t14-/m1/s1. The van der Waals surface area contributed by atoms with E-state index in [9.17, 15) is 19.2 Å². The van der Waals surface area contributed by atoms with Crippen LogP contribution in [0.1, 0.15) is 38.2 Å². The van der Waals surface area contributed by atoms with Gasteiger partial charge in [-0.05, 0) is 43.2 Å². The summed E-state index contributed by atoms with van der Waals surface area (Å²) in [6.45, 7) is 1.86. The molecule has 0 unspecified atom stereocenters. The molecule has 2 aliphatic rings. The van der Waals surface area contributed by atoms with Crippen molar-refractivity contribution in [2.45, 2.75) is 38.6 Å². The van der Waals surface area contributed by atoms with Crippen LogP contribution in [0.2, 0.25) is 0 Å². The number of carbonyl (C=O) groups is 4. The van der Waals surface area contributed by atoms with Crippen LogP contribution >= 0.6 is 11.8 Å². The van der Waals surface area contributed by atoms with Crippen molar-refractivity contribution in [1.29, 1.82) is 0 Å². The predicted molar refractivity (Wildman–Crippen MR) is 112 cm³/mol. The Hall–Kier alpha value is -2.61. The molecule has 2 fully saturated rings. The summed E-state index contributed by atoms with van der Waals surface area (Å²) in [5.41, 5.74) is 0.845. The van der Waals surface area contributed by atoms with E-state index >= 15 is 0 Å². The maximum absolute atomic E-state index is 12.5. The quantitative estimate of drug-likeness (QED) is 0.667. The summed E-state index contributed by atoms with van der Waals surface area (Å²) in [5, 5.41) is 5.07. The number of carbonyl (C=O) groups excluding carboxylic acids is 4. The summed E-state index contributed by atoms with van der Waals surface area (Å²) < 4.78 is 0. The van der Waals surface area contributed by atoms with E-state index in [1.54, 1.807) is 13.0 Å². The summed E-state index contributed by atoms with van der Waals surface area (Å²) >= 11 is 0.893. The second kappa shape index (κ2) is 9.73. The molecule has 1 aliphatic carbocycles. The molecule has 0 spiro atoms. The van der Waals surface area contributed by atoms with E-state index in [4.69, 9.17) is 0 Å². The number of nitrogens with one attached hydrogen (secondary N) is 2. The van der Waals surface area contributed by atoms with Crippen LogP contribution in [-0.4, -0.2) is 47.0 Å². The van der Waals surface area contributed by atoms with Crippen LogP contribution in [0.3, 0.4) is 0 Å². The molecule has 1 aromatic rings. The minimum absolute atomic E-state index is 0.00283. The molecule has 7 nitrogen and oxygen atoms in total. The largest absolute Gasteiger partial charge is 0.353 e. The summed E-state index contributed by atoms with van der Waals surface area (Å²) in [6.07, 6.45) is 5.53. The Balaban J connectivity index is 1.46. The smallest absolute Gasteiger partial charge is 0.293 e. The predicted octanol–water partition coefficient (Wildman–Crippen LogP) is 2.53. The number of imide groups is 1. The van der Waals surface area contributed by atoms with Crippen LogP contribution in [0.4, 0.5) is 4.79 Å². The third-order valence-electron chi connectivity index (χ3n) is 5.08. The molecule has 29 heavy (non-hydrogen) atoms. The highest BCUT2D eigenvalue weighted by molar-refractivity contribution is 8.18. The third-order valence-corrected chi connectivity index (χ3v) is 5.99. The number of thioether (sulfide) groups is 1. The Kier molecular flexibility index (Phi) is 7.09. The molecule has 3 rings (SSSR count). The van der Waals surface area contributed by atoms with E-state index < -0.39 is 6.04 Å². The van der Waals surface area contributed by atoms with Crippen molar-refractivity contribution in [1.82, 2.24) is 15.5 Å². The molecule has 1 atom stereocenters. The molecule has 154 valence electrons. The molecule has 0 radical (unpaired) electrons. The molecule has 0 bridgehead atoms. The molecule has 1 heterocycles. The topological polar surface area (TPSA) is 95.6 Å². The van der Waals surface area contributed by atoms with Gasteiger partial charge in [-0.2, -0.15) is 0 Å². The summed E-state index contributed by atoms with van der Waals surface area (Å²) in [4.78, 5) is 50.4. The normalized spacial score (nSPS) is 19.6. The number of nitrogens with zero attached hydrogens (tertiary/aromatic N) is 1. The van der Waals surface area contributed by atoms with Gasteiger partial charge in [-0.15, -0.1) is 0 Å². The highest BCUT2D eigenvalue weighted by Gasteiger charge is 2.34. The number of hydrogen-bond donors (Lipinski definition) is 2. The first kappa shape index (κ1) is 21.1. The van der Waals surface area contributed by atoms with Gasteiger partial charge >= 0.3 is 0 Å². The first-order valence-electron chi connectivity index (χ1n) is 9.84. The molecular weight excluding hydrogens is 390 g/mol. The second-order valence-corrected chi connectivity index (χ2v) is 8.24. The van der Waals surface area contributed by atoms with Crippen LogP contribution < -0.4 is 10.6 Å². The van der Waals surface area contributed by atoms with E-state index in [0.29, 0.717) is 4.91 Å². The van der Waals surface area contributed by atoms with Crippen LogP contribution in [0.5, 0.6) is 0 Å². The zero-order chi connectivity index (χ0) is 20.8. The minimum Gasteiger partial charge on any atom is -0.353 e. The van der Waals surface area contributed by atoms with E-state index in [-0.39, 0.29) is 42.0 Å².